The first-order valence-electron chi connectivity index (χ1n) is 4.20. The Bertz CT molecular complexity index is 509. The molecule has 1 aromatic carbocycles. The molecule has 6 heteroatoms. The van der Waals surface area contributed by atoms with Crippen molar-refractivity contribution >= 4 is 32.7 Å². The molecule has 0 spiro atoms. The zero-order valence-electron chi connectivity index (χ0n) is 7.98. The lowest BCUT2D eigenvalue weighted by Gasteiger charge is -1.97. The molecule has 0 unspecified atom stereocenters. The number of carbonyl (C=O) groups is 1. The molecule has 2 aromatic rings. The van der Waals surface area contributed by atoms with Gasteiger partial charge < -0.3 is 4.74 Å². The number of aromatic nitrogens is 1. The van der Waals surface area contributed by atoms with Crippen LogP contribution in [-0.4, -0.2) is 18.1 Å². The number of esters is 1. The molecule has 2 rings (SSSR count). The molecule has 0 atom stereocenters. The lowest BCUT2D eigenvalue weighted by Crippen LogP contribution is -2.05. The number of nitrogens with one attached hydrogen (secondary N) is 1. The molecule has 0 amide bonds. The highest BCUT2D eigenvalue weighted by atomic mass is 32.1. The van der Waals surface area contributed by atoms with Crippen molar-refractivity contribution in [1.82, 2.24) is 4.98 Å². The lowest BCUT2D eigenvalue weighted by molar-refractivity contribution is 0.0601. The zero-order chi connectivity index (χ0) is 10.8. The van der Waals surface area contributed by atoms with Crippen LogP contribution in [0.4, 0.5) is 5.13 Å². The van der Waals surface area contributed by atoms with Gasteiger partial charge in [0.2, 0.25) is 0 Å². The molecule has 0 aliphatic carbocycles. The van der Waals surface area contributed by atoms with Gasteiger partial charge in [0, 0.05) is 0 Å². The third kappa shape index (κ3) is 1.77. The number of anilines is 1. The number of hydrogen-bond acceptors (Lipinski definition) is 6. The maximum absolute atomic E-state index is 11.3. The van der Waals surface area contributed by atoms with Crippen LogP contribution in [0.2, 0.25) is 0 Å². The summed E-state index contributed by atoms with van der Waals surface area (Å²) in [6.45, 7) is 0. The molecule has 1 heterocycles. The number of nitrogens with two attached hydrogens (primary N) is 1. The first-order chi connectivity index (χ1) is 7.24. The third-order valence-electron chi connectivity index (χ3n) is 1.93. The van der Waals surface area contributed by atoms with Crippen LogP contribution in [0.1, 0.15) is 10.4 Å². The number of thiazole rings is 1. The fourth-order valence-corrected chi connectivity index (χ4v) is 2.05. The molecular formula is C9H9N3O2S. The molecule has 0 fully saturated rings. The number of methoxy groups -OCH3 is 1. The van der Waals surface area contributed by atoms with Crippen LogP contribution in [0.15, 0.2) is 18.2 Å². The molecule has 0 saturated heterocycles. The zero-order valence-corrected chi connectivity index (χ0v) is 8.80. The average molecular weight is 223 g/mol. The van der Waals surface area contributed by atoms with Gasteiger partial charge in [-0.15, -0.1) is 0 Å². The number of carbonyl (C=O) groups excluding carboxylic acids is 1. The fraction of sp³-hybridized carbons (Fsp3) is 0.111. The van der Waals surface area contributed by atoms with Gasteiger partial charge in [0.1, 0.15) is 0 Å². The molecule has 0 aliphatic rings. The molecule has 15 heavy (non-hydrogen) atoms. The molecule has 0 radical (unpaired) electrons. The van der Waals surface area contributed by atoms with Gasteiger partial charge in [-0.3, -0.25) is 5.43 Å². The first kappa shape index (κ1) is 9.88. The van der Waals surface area contributed by atoms with Crippen molar-refractivity contribution in [1.29, 1.82) is 0 Å². The topological polar surface area (TPSA) is 77.2 Å². The van der Waals surface area contributed by atoms with Crippen molar-refractivity contribution in [2.75, 3.05) is 12.5 Å². The molecule has 5 nitrogen and oxygen atoms in total. The fourth-order valence-electron chi connectivity index (χ4n) is 1.23. The quantitative estimate of drug-likeness (QED) is 0.457. The van der Waals surface area contributed by atoms with E-state index in [0.717, 1.165) is 10.2 Å². The summed E-state index contributed by atoms with van der Waals surface area (Å²) in [4.78, 5) is 15.4. The number of rotatable bonds is 2. The van der Waals surface area contributed by atoms with Crippen LogP contribution < -0.4 is 11.3 Å². The van der Waals surface area contributed by atoms with Crippen LogP contribution >= 0.6 is 11.3 Å². The normalized spacial score (nSPS) is 10.3. The second-order valence-electron chi connectivity index (χ2n) is 2.84. The first-order valence-corrected chi connectivity index (χ1v) is 5.02. The van der Waals surface area contributed by atoms with E-state index in [1.54, 1.807) is 18.2 Å². The summed E-state index contributed by atoms with van der Waals surface area (Å²) in [6, 6.07) is 5.17. The van der Waals surface area contributed by atoms with Crippen LogP contribution in [0.5, 0.6) is 0 Å². The van der Waals surface area contributed by atoms with Gasteiger partial charge in [-0.05, 0) is 18.2 Å². The second-order valence-corrected chi connectivity index (χ2v) is 3.87. The van der Waals surface area contributed by atoms with E-state index in [0.29, 0.717) is 10.7 Å². The van der Waals surface area contributed by atoms with Gasteiger partial charge in [0.15, 0.2) is 5.13 Å². The highest BCUT2D eigenvalue weighted by Crippen LogP contribution is 2.26. The van der Waals surface area contributed by atoms with E-state index < -0.39 is 0 Å². The largest absolute Gasteiger partial charge is 0.465 e. The molecule has 1 aromatic heterocycles. The number of hydrogen-bond donors (Lipinski definition) is 2. The van der Waals surface area contributed by atoms with Gasteiger partial charge in [-0.25, -0.2) is 15.6 Å². The van der Waals surface area contributed by atoms with Gasteiger partial charge in [-0.2, -0.15) is 0 Å². The van der Waals surface area contributed by atoms with Crippen molar-refractivity contribution in [3.05, 3.63) is 23.8 Å². The predicted octanol–water partition coefficient (Wildman–Crippen LogP) is 1.37. The van der Waals surface area contributed by atoms with Crippen molar-refractivity contribution in [3.63, 3.8) is 0 Å². The van der Waals surface area contributed by atoms with Crippen LogP contribution in [0.3, 0.4) is 0 Å². The second kappa shape index (κ2) is 3.84. The maximum Gasteiger partial charge on any atom is 0.337 e. The van der Waals surface area contributed by atoms with Crippen molar-refractivity contribution in [2.24, 2.45) is 5.84 Å². The Kier molecular flexibility index (Phi) is 2.53. The molecule has 78 valence electrons. The number of benzene rings is 1. The van der Waals surface area contributed by atoms with Crippen LogP contribution in [0, 0.1) is 0 Å². The van der Waals surface area contributed by atoms with Crippen molar-refractivity contribution in [2.45, 2.75) is 0 Å². The van der Waals surface area contributed by atoms with E-state index in [2.05, 4.69) is 15.1 Å². The summed E-state index contributed by atoms with van der Waals surface area (Å²) in [6.07, 6.45) is 0. The maximum atomic E-state index is 11.3. The number of ether oxygens (including phenoxy) is 1. The highest BCUT2D eigenvalue weighted by molar-refractivity contribution is 7.22. The van der Waals surface area contributed by atoms with Gasteiger partial charge >= 0.3 is 5.97 Å². The summed E-state index contributed by atoms with van der Waals surface area (Å²) in [5.74, 6) is 4.89. The number of hydrazine groups is 1. The summed E-state index contributed by atoms with van der Waals surface area (Å²) in [7, 11) is 1.35. The Morgan fingerprint density at radius 2 is 2.40 bits per heavy atom. The van der Waals surface area contributed by atoms with Gasteiger partial charge in [-0.1, -0.05) is 11.3 Å². The molecule has 0 bridgehead atoms. The van der Waals surface area contributed by atoms with E-state index in [4.69, 9.17) is 5.84 Å². The van der Waals surface area contributed by atoms with E-state index in [-0.39, 0.29) is 5.97 Å². The Labute approximate surface area is 89.8 Å². The van der Waals surface area contributed by atoms with E-state index in [1.165, 1.54) is 18.4 Å². The monoisotopic (exact) mass is 223 g/mol. The lowest BCUT2D eigenvalue weighted by atomic mass is 10.2. The van der Waals surface area contributed by atoms with E-state index in [9.17, 15) is 4.79 Å². The minimum atomic E-state index is -0.354. The molecule has 0 aliphatic heterocycles. The summed E-state index contributed by atoms with van der Waals surface area (Å²) in [5, 5.41) is 0.618. The third-order valence-corrected chi connectivity index (χ3v) is 2.88. The molecule has 3 N–H and O–H groups in total. The van der Waals surface area contributed by atoms with Crippen LogP contribution in [0.25, 0.3) is 10.2 Å². The number of nitrogen functional groups attached to an aromatic ring is 1. The smallest absolute Gasteiger partial charge is 0.337 e. The molecule has 0 saturated carbocycles. The SMILES string of the molecule is COC(=O)c1ccc2nc(NN)sc2c1. The summed E-state index contributed by atoms with van der Waals surface area (Å²) in [5.41, 5.74) is 3.79. The Hall–Kier alpha value is -1.66. The van der Waals surface area contributed by atoms with Gasteiger partial charge in [0.05, 0.1) is 22.9 Å². The van der Waals surface area contributed by atoms with E-state index in [1.807, 2.05) is 0 Å². The summed E-state index contributed by atoms with van der Waals surface area (Å²) >= 11 is 1.38. The molecular weight excluding hydrogens is 214 g/mol. The Morgan fingerprint density at radius 3 is 3.07 bits per heavy atom. The average Bonchev–Trinajstić information content (AvgIpc) is 2.69. The van der Waals surface area contributed by atoms with Gasteiger partial charge in [0.25, 0.3) is 0 Å². The predicted molar refractivity (Wildman–Crippen MR) is 58.8 cm³/mol. The standard InChI is InChI=1S/C9H9N3O2S/c1-14-8(13)5-2-3-6-7(4-5)15-9(11-6)12-10/h2-4H,10H2,1H3,(H,11,12). The van der Waals surface area contributed by atoms with Crippen molar-refractivity contribution in [3.8, 4) is 0 Å². The summed E-state index contributed by atoms with van der Waals surface area (Å²) < 4.78 is 5.52. The number of nitrogens with zero attached hydrogens (tertiary/aromatic N) is 1. The number of fused-ring (bicyclic) bond motifs is 1. The minimum Gasteiger partial charge on any atom is -0.465 e. The Morgan fingerprint density at radius 1 is 1.60 bits per heavy atom. The highest BCUT2D eigenvalue weighted by Gasteiger charge is 2.08. The van der Waals surface area contributed by atoms with E-state index >= 15 is 0 Å². The minimum absolute atomic E-state index is 0.354. The Balaban J connectivity index is 2.50. The van der Waals surface area contributed by atoms with Crippen LogP contribution in [-0.2, 0) is 4.74 Å². The van der Waals surface area contributed by atoms with Crippen molar-refractivity contribution < 1.29 is 9.53 Å².